The second kappa shape index (κ2) is 6.16. The zero-order valence-corrected chi connectivity index (χ0v) is 13.9. The molecule has 18 heavy (non-hydrogen) atoms. The molecule has 96 valence electrons. The van der Waals surface area contributed by atoms with E-state index in [9.17, 15) is 0 Å². The number of hydrogen-bond acceptors (Lipinski definition) is 3. The van der Waals surface area contributed by atoms with Gasteiger partial charge >= 0.3 is 0 Å². The van der Waals surface area contributed by atoms with Crippen molar-refractivity contribution >= 4 is 38.5 Å². The maximum Gasteiger partial charge on any atom is 0.227 e. The molecule has 0 spiro atoms. The second-order valence-corrected chi connectivity index (χ2v) is 6.40. The lowest BCUT2D eigenvalue weighted by Crippen LogP contribution is -2.21. The fourth-order valence-electron chi connectivity index (χ4n) is 1.48. The van der Waals surface area contributed by atoms with Crippen LogP contribution in [0.15, 0.2) is 33.4 Å². The maximum atomic E-state index is 5.53. The average Bonchev–Trinajstić information content (AvgIpc) is 2.78. The Kier molecular flexibility index (Phi) is 4.80. The number of hydrogen-bond donors (Lipinski definition) is 1. The molecule has 0 aliphatic rings. The minimum atomic E-state index is 0.439. The first-order valence-electron chi connectivity index (χ1n) is 5.69. The predicted octanol–water partition coefficient (Wildman–Crippen LogP) is 4.21. The van der Waals surface area contributed by atoms with E-state index < -0.39 is 0 Å². The van der Waals surface area contributed by atoms with E-state index in [0.29, 0.717) is 11.9 Å². The van der Waals surface area contributed by atoms with Crippen molar-refractivity contribution in [3.63, 3.8) is 0 Å². The summed E-state index contributed by atoms with van der Waals surface area (Å²) in [5.41, 5.74) is 1.90. The molecule has 3 nitrogen and oxygen atoms in total. The van der Waals surface area contributed by atoms with Crippen LogP contribution in [0.5, 0.6) is 0 Å². The Bertz CT molecular complexity index is 540. The van der Waals surface area contributed by atoms with E-state index in [1.165, 1.54) is 0 Å². The number of benzene rings is 1. The molecule has 0 bridgehead atoms. The van der Waals surface area contributed by atoms with E-state index in [1.807, 2.05) is 12.1 Å². The second-order valence-electron chi connectivity index (χ2n) is 4.30. The van der Waals surface area contributed by atoms with Gasteiger partial charge in [-0.25, -0.2) is 4.98 Å². The molecule has 1 aromatic carbocycles. The summed E-state index contributed by atoms with van der Waals surface area (Å²) in [5.74, 6) is 0.654. The molecule has 1 aromatic heterocycles. The predicted molar refractivity (Wildman–Crippen MR) is 84.3 cm³/mol. The van der Waals surface area contributed by atoms with E-state index in [4.69, 9.17) is 4.42 Å². The van der Waals surface area contributed by atoms with Gasteiger partial charge in [-0.2, -0.15) is 0 Å². The van der Waals surface area contributed by atoms with Crippen LogP contribution in [0.1, 0.15) is 19.5 Å². The van der Waals surface area contributed by atoms with Gasteiger partial charge < -0.3 is 9.73 Å². The lowest BCUT2D eigenvalue weighted by atomic mass is 10.2. The SMILES string of the molecule is CC(C)NCc1coc(-c2cc(I)ccc2Br)n1. The van der Waals surface area contributed by atoms with E-state index in [2.05, 4.69) is 68.7 Å². The van der Waals surface area contributed by atoms with Crippen molar-refractivity contribution in [3.8, 4) is 11.5 Å². The third-order valence-corrected chi connectivity index (χ3v) is 3.76. The standard InChI is InChI=1S/C13H14BrIN2O/c1-8(2)16-6-10-7-18-13(17-10)11-5-9(15)3-4-12(11)14/h3-5,7-8,16H,6H2,1-2H3. The van der Waals surface area contributed by atoms with E-state index in [1.54, 1.807) is 6.26 Å². The van der Waals surface area contributed by atoms with Crippen LogP contribution in [0.2, 0.25) is 0 Å². The summed E-state index contributed by atoms with van der Waals surface area (Å²) in [6.07, 6.45) is 1.71. The zero-order valence-electron chi connectivity index (χ0n) is 10.2. The van der Waals surface area contributed by atoms with Crippen LogP contribution in [0.3, 0.4) is 0 Å². The van der Waals surface area contributed by atoms with Gasteiger partial charge in [-0.15, -0.1) is 0 Å². The highest BCUT2D eigenvalue weighted by Crippen LogP contribution is 2.29. The van der Waals surface area contributed by atoms with Crippen LogP contribution < -0.4 is 5.32 Å². The summed E-state index contributed by atoms with van der Waals surface area (Å²) in [6, 6.07) is 6.54. The summed E-state index contributed by atoms with van der Waals surface area (Å²) in [5, 5.41) is 3.32. The van der Waals surface area contributed by atoms with Crippen LogP contribution in [0.4, 0.5) is 0 Å². The van der Waals surface area contributed by atoms with Crippen LogP contribution in [0, 0.1) is 3.57 Å². The lowest BCUT2D eigenvalue weighted by Gasteiger charge is -2.04. The van der Waals surface area contributed by atoms with Crippen molar-refractivity contribution in [1.82, 2.24) is 10.3 Å². The molecule has 1 N–H and O–H groups in total. The lowest BCUT2D eigenvalue weighted by molar-refractivity contribution is 0.560. The highest BCUT2D eigenvalue weighted by molar-refractivity contribution is 14.1. The highest BCUT2D eigenvalue weighted by Gasteiger charge is 2.10. The first-order chi connectivity index (χ1) is 8.56. The minimum Gasteiger partial charge on any atom is -0.444 e. The molecule has 0 saturated heterocycles. The molecule has 2 aromatic rings. The minimum absolute atomic E-state index is 0.439. The molecular weight excluding hydrogens is 407 g/mol. The Morgan fingerprint density at radius 2 is 2.22 bits per heavy atom. The summed E-state index contributed by atoms with van der Waals surface area (Å²) in [4.78, 5) is 4.49. The molecule has 2 rings (SSSR count). The Morgan fingerprint density at radius 1 is 1.44 bits per heavy atom. The van der Waals surface area contributed by atoms with Crippen LogP contribution in [-0.4, -0.2) is 11.0 Å². The van der Waals surface area contributed by atoms with Gasteiger partial charge in [0.25, 0.3) is 0 Å². The number of aromatic nitrogens is 1. The molecule has 1 heterocycles. The van der Waals surface area contributed by atoms with Gasteiger partial charge in [-0.3, -0.25) is 0 Å². The third kappa shape index (κ3) is 3.55. The number of nitrogens with one attached hydrogen (secondary N) is 1. The molecule has 0 amide bonds. The molecule has 0 atom stereocenters. The molecule has 0 saturated carbocycles. The van der Waals surface area contributed by atoms with Gasteiger partial charge in [0.15, 0.2) is 0 Å². The van der Waals surface area contributed by atoms with Gasteiger partial charge in [0, 0.05) is 20.6 Å². The first-order valence-corrected chi connectivity index (χ1v) is 7.56. The Morgan fingerprint density at radius 3 is 2.94 bits per heavy atom. The van der Waals surface area contributed by atoms with Crippen LogP contribution in [0.25, 0.3) is 11.5 Å². The van der Waals surface area contributed by atoms with Crippen molar-refractivity contribution in [2.45, 2.75) is 26.4 Å². The third-order valence-electron chi connectivity index (χ3n) is 2.40. The van der Waals surface area contributed by atoms with E-state index >= 15 is 0 Å². The quantitative estimate of drug-likeness (QED) is 0.753. The van der Waals surface area contributed by atoms with Crippen molar-refractivity contribution < 1.29 is 4.42 Å². The Hall–Kier alpha value is -0.400. The summed E-state index contributed by atoms with van der Waals surface area (Å²) in [6.45, 7) is 4.94. The number of nitrogens with zero attached hydrogens (tertiary/aromatic N) is 1. The highest BCUT2D eigenvalue weighted by atomic mass is 127. The van der Waals surface area contributed by atoms with E-state index in [-0.39, 0.29) is 0 Å². The van der Waals surface area contributed by atoms with Gasteiger partial charge in [-0.05, 0) is 56.7 Å². The summed E-state index contributed by atoms with van der Waals surface area (Å²) < 4.78 is 7.69. The molecule has 0 aliphatic carbocycles. The molecule has 0 unspecified atom stereocenters. The van der Waals surface area contributed by atoms with Crippen LogP contribution >= 0.6 is 38.5 Å². The Labute approximate surface area is 129 Å². The molecular formula is C13H14BrIN2O. The van der Waals surface area contributed by atoms with Crippen molar-refractivity contribution in [2.24, 2.45) is 0 Å². The molecule has 0 radical (unpaired) electrons. The van der Waals surface area contributed by atoms with Gasteiger partial charge in [0.05, 0.1) is 11.3 Å². The normalized spacial score (nSPS) is 11.2. The fourth-order valence-corrected chi connectivity index (χ4v) is 2.39. The number of oxazole rings is 1. The monoisotopic (exact) mass is 420 g/mol. The maximum absolute atomic E-state index is 5.53. The Balaban J connectivity index is 2.21. The molecule has 5 heteroatoms. The topological polar surface area (TPSA) is 38.1 Å². The zero-order chi connectivity index (χ0) is 13.1. The van der Waals surface area contributed by atoms with E-state index in [0.717, 1.165) is 25.8 Å². The van der Waals surface area contributed by atoms with Gasteiger partial charge in [0.2, 0.25) is 5.89 Å². The van der Waals surface area contributed by atoms with Crippen LogP contribution in [-0.2, 0) is 6.54 Å². The number of halogens is 2. The first kappa shape index (κ1) is 14.0. The van der Waals surface area contributed by atoms with Crippen molar-refractivity contribution in [2.75, 3.05) is 0 Å². The smallest absolute Gasteiger partial charge is 0.227 e. The van der Waals surface area contributed by atoms with Crippen molar-refractivity contribution in [3.05, 3.63) is 38.2 Å². The van der Waals surface area contributed by atoms with Gasteiger partial charge in [-0.1, -0.05) is 13.8 Å². The average molecular weight is 421 g/mol. The fraction of sp³-hybridized carbons (Fsp3) is 0.308. The van der Waals surface area contributed by atoms with Gasteiger partial charge in [0.1, 0.15) is 6.26 Å². The molecule has 0 fully saturated rings. The number of rotatable bonds is 4. The largest absolute Gasteiger partial charge is 0.444 e. The van der Waals surface area contributed by atoms with Crippen molar-refractivity contribution in [1.29, 1.82) is 0 Å². The summed E-state index contributed by atoms with van der Waals surface area (Å²) in [7, 11) is 0. The summed E-state index contributed by atoms with van der Waals surface area (Å²) >= 11 is 5.80. The molecule has 0 aliphatic heterocycles.